The molecule has 0 amide bonds. The third-order valence-corrected chi connectivity index (χ3v) is 3.37. The average Bonchev–Trinajstić information content (AvgIpc) is 2.98. The van der Waals surface area contributed by atoms with Gasteiger partial charge in [-0.3, -0.25) is 9.59 Å². The van der Waals surface area contributed by atoms with Crippen molar-refractivity contribution in [2.75, 3.05) is 0 Å². The predicted octanol–water partition coefficient (Wildman–Crippen LogP) is 1.48. The molecule has 2 heterocycles. The number of hydrogen-bond donors (Lipinski definition) is 0. The Morgan fingerprint density at radius 1 is 1.11 bits per heavy atom. The molecule has 0 unspecified atom stereocenters. The monoisotopic (exact) mass is 258 g/mol. The Labute approximate surface area is 105 Å². The quantitative estimate of drug-likeness (QED) is 0.665. The van der Waals surface area contributed by atoms with Crippen LogP contribution in [0.1, 0.15) is 21.0 Å². The zero-order valence-corrected chi connectivity index (χ0v) is 9.79. The molecule has 18 heavy (non-hydrogen) atoms. The molecule has 2 aromatic heterocycles. The molecule has 0 fully saturated rings. The molecule has 0 saturated carbocycles. The predicted molar refractivity (Wildman–Crippen MR) is 64.9 cm³/mol. The standard InChI is InChI=1S/C11H6N4O2S/c16-5-7-3-1-2-4-8(7)10-14-15-9(6-17)12-13-11(15)18-10/h1-6H. The summed E-state index contributed by atoms with van der Waals surface area (Å²) < 4.78 is 1.37. The Hall–Kier alpha value is -2.41. The SMILES string of the molecule is O=Cc1ccccc1-c1nn2c(C=O)nnc2s1. The summed E-state index contributed by atoms with van der Waals surface area (Å²) in [7, 11) is 0. The van der Waals surface area contributed by atoms with Gasteiger partial charge in [-0.15, -0.1) is 10.2 Å². The van der Waals surface area contributed by atoms with Crippen LogP contribution in [0.15, 0.2) is 24.3 Å². The normalized spacial score (nSPS) is 10.7. The number of aldehydes is 2. The highest BCUT2D eigenvalue weighted by atomic mass is 32.1. The molecule has 0 atom stereocenters. The van der Waals surface area contributed by atoms with Crippen LogP contribution in [0, 0.1) is 0 Å². The lowest BCUT2D eigenvalue weighted by molar-refractivity contribution is 0.110. The highest BCUT2D eigenvalue weighted by Gasteiger charge is 2.14. The van der Waals surface area contributed by atoms with Crippen molar-refractivity contribution < 1.29 is 9.59 Å². The van der Waals surface area contributed by atoms with E-state index in [9.17, 15) is 9.59 Å². The molecule has 3 aromatic rings. The van der Waals surface area contributed by atoms with E-state index in [-0.39, 0.29) is 5.82 Å². The minimum Gasteiger partial charge on any atom is -0.298 e. The molecular formula is C11H6N4O2S. The second kappa shape index (κ2) is 4.11. The van der Waals surface area contributed by atoms with Crippen LogP contribution in [0.2, 0.25) is 0 Å². The summed E-state index contributed by atoms with van der Waals surface area (Å²) in [5, 5.41) is 12.4. The van der Waals surface area contributed by atoms with E-state index in [0.717, 1.165) is 11.8 Å². The summed E-state index contributed by atoms with van der Waals surface area (Å²) in [6.07, 6.45) is 1.37. The maximum absolute atomic E-state index is 11.0. The molecule has 7 heteroatoms. The van der Waals surface area contributed by atoms with Crippen LogP contribution in [-0.2, 0) is 0 Å². The van der Waals surface area contributed by atoms with Crippen molar-refractivity contribution in [2.45, 2.75) is 0 Å². The molecule has 0 aliphatic carbocycles. The van der Waals surface area contributed by atoms with Gasteiger partial charge in [0.25, 0.3) is 0 Å². The van der Waals surface area contributed by atoms with Crippen LogP contribution in [0.25, 0.3) is 15.5 Å². The summed E-state index contributed by atoms with van der Waals surface area (Å²) in [6.45, 7) is 0. The molecule has 88 valence electrons. The highest BCUT2D eigenvalue weighted by molar-refractivity contribution is 7.19. The number of fused-ring (bicyclic) bond motifs is 1. The van der Waals surface area contributed by atoms with E-state index >= 15 is 0 Å². The second-order valence-corrected chi connectivity index (χ2v) is 4.44. The first-order valence-corrected chi connectivity index (χ1v) is 5.87. The van der Waals surface area contributed by atoms with Gasteiger partial charge in [0.05, 0.1) is 0 Å². The van der Waals surface area contributed by atoms with Crippen LogP contribution >= 0.6 is 11.3 Å². The van der Waals surface area contributed by atoms with E-state index in [0.29, 0.717) is 21.8 Å². The lowest BCUT2D eigenvalue weighted by Crippen LogP contribution is -1.94. The van der Waals surface area contributed by atoms with Gasteiger partial charge in [0.15, 0.2) is 12.6 Å². The summed E-state index contributed by atoms with van der Waals surface area (Å²) in [6, 6.07) is 7.12. The van der Waals surface area contributed by atoms with Gasteiger partial charge < -0.3 is 0 Å². The van der Waals surface area contributed by atoms with Crippen molar-refractivity contribution in [2.24, 2.45) is 0 Å². The maximum Gasteiger partial charge on any atom is 0.235 e. The van der Waals surface area contributed by atoms with Gasteiger partial charge in [-0.2, -0.15) is 9.61 Å². The Balaban J connectivity index is 2.22. The number of nitrogens with zero attached hydrogens (tertiary/aromatic N) is 4. The number of benzene rings is 1. The van der Waals surface area contributed by atoms with Crippen LogP contribution in [-0.4, -0.2) is 32.4 Å². The molecule has 6 nitrogen and oxygen atoms in total. The Kier molecular flexibility index (Phi) is 2.45. The third-order valence-electron chi connectivity index (χ3n) is 2.44. The van der Waals surface area contributed by atoms with Crippen LogP contribution in [0.5, 0.6) is 0 Å². The first kappa shape index (κ1) is 10.7. The van der Waals surface area contributed by atoms with E-state index in [2.05, 4.69) is 15.3 Å². The van der Waals surface area contributed by atoms with Crippen molar-refractivity contribution >= 4 is 28.9 Å². The van der Waals surface area contributed by atoms with Crippen molar-refractivity contribution in [1.29, 1.82) is 0 Å². The molecule has 0 aliphatic heterocycles. The van der Waals surface area contributed by atoms with E-state index in [1.54, 1.807) is 18.2 Å². The zero-order valence-electron chi connectivity index (χ0n) is 8.98. The first-order chi connectivity index (χ1) is 8.83. The molecule has 3 rings (SSSR count). The van der Waals surface area contributed by atoms with Gasteiger partial charge in [-0.25, -0.2) is 0 Å². The van der Waals surface area contributed by atoms with Crippen LogP contribution in [0.4, 0.5) is 0 Å². The molecule has 1 aromatic carbocycles. The maximum atomic E-state index is 11.0. The van der Waals surface area contributed by atoms with Gasteiger partial charge in [-0.05, 0) is 0 Å². The van der Waals surface area contributed by atoms with E-state index in [4.69, 9.17) is 0 Å². The fraction of sp³-hybridized carbons (Fsp3) is 0. The van der Waals surface area contributed by atoms with Gasteiger partial charge >= 0.3 is 0 Å². The number of rotatable bonds is 3. The summed E-state index contributed by atoms with van der Waals surface area (Å²) in [5.41, 5.74) is 1.27. The Bertz CT molecular complexity index is 746. The largest absolute Gasteiger partial charge is 0.298 e. The van der Waals surface area contributed by atoms with E-state index in [1.807, 2.05) is 6.07 Å². The molecule has 0 N–H and O–H groups in total. The summed E-state index contributed by atoms with van der Waals surface area (Å²) in [5.74, 6) is 0.149. The van der Waals surface area contributed by atoms with Crippen molar-refractivity contribution in [3.05, 3.63) is 35.7 Å². The van der Waals surface area contributed by atoms with Gasteiger partial charge in [0.1, 0.15) is 5.01 Å². The lowest BCUT2D eigenvalue weighted by Gasteiger charge is -1.98. The fourth-order valence-corrected chi connectivity index (χ4v) is 2.50. The van der Waals surface area contributed by atoms with Gasteiger partial charge in [0.2, 0.25) is 10.8 Å². The summed E-state index contributed by atoms with van der Waals surface area (Å²) >= 11 is 1.28. The topological polar surface area (TPSA) is 77.2 Å². The molecule has 0 saturated heterocycles. The second-order valence-electron chi connectivity index (χ2n) is 3.48. The third kappa shape index (κ3) is 1.52. The highest BCUT2D eigenvalue weighted by Crippen LogP contribution is 2.27. The van der Waals surface area contributed by atoms with Gasteiger partial charge in [-0.1, -0.05) is 35.6 Å². The van der Waals surface area contributed by atoms with Crippen LogP contribution < -0.4 is 0 Å². The average molecular weight is 258 g/mol. The molecule has 0 aliphatic rings. The smallest absolute Gasteiger partial charge is 0.235 e. The fourth-order valence-electron chi connectivity index (χ4n) is 1.61. The van der Waals surface area contributed by atoms with Crippen molar-refractivity contribution in [1.82, 2.24) is 19.8 Å². The molecule has 0 radical (unpaired) electrons. The first-order valence-electron chi connectivity index (χ1n) is 5.05. The number of aromatic nitrogens is 4. The van der Waals surface area contributed by atoms with Crippen molar-refractivity contribution in [3.8, 4) is 10.6 Å². The molecule has 0 bridgehead atoms. The molecule has 0 spiro atoms. The van der Waals surface area contributed by atoms with Crippen LogP contribution in [0.3, 0.4) is 0 Å². The zero-order chi connectivity index (χ0) is 12.5. The number of hydrogen-bond acceptors (Lipinski definition) is 6. The molecular weight excluding hydrogens is 252 g/mol. The number of carbonyl (C=O) groups is 2. The Morgan fingerprint density at radius 2 is 1.94 bits per heavy atom. The minimum absolute atomic E-state index is 0.149. The van der Waals surface area contributed by atoms with Crippen molar-refractivity contribution in [3.63, 3.8) is 0 Å². The lowest BCUT2D eigenvalue weighted by atomic mass is 10.1. The minimum atomic E-state index is 0.149. The Morgan fingerprint density at radius 3 is 2.72 bits per heavy atom. The number of carbonyl (C=O) groups excluding carboxylic acids is 2. The van der Waals surface area contributed by atoms with E-state index in [1.165, 1.54) is 15.9 Å². The van der Waals surface area contributed by atoms with Gasteiger partial charge in [0, 0.05) is 11.1 Å². The van der Waals surface area contributed by atoms with E-state index < -0.39 is 0 Å². The summed E-state index contributed by atoms with van der Waals surface area (Å²) in [4.78, 5) is 22.2.